The molecule has 0 bridgehead atoms. The molecule has 1 N–H and O–H groups in total. The molecule has 0 saturated heterocycles. The summed E-state index contributed by atoms with van der Waals surface area (Å²) in [5.41, 5.74) is 2.05. The fourth-order valence-corrected chi connectivity index (χ4v) is 7.15. The number of pyridine rings is 1. The van der Waals surface area contributed by atoms with Gasteiger partial charge in [0.1, 0.15) is 27.0 Å². The fraction of sp³-hybridized carbons (Fsp3) is 0.500. The molecule has 36 heavy (non-hydrogen) atoms. The fourth-order valence-electron chi connectivity index (χ4n) is 5.78. The Bertz CT molecular complexity index is 1470. The smallest absolute Gasteiger partial charge is 0.228 e. The summed E-state index contributed by atoms with van der Waals surface area (Å²) >= 11 is 6.47. The van der Waals surface area contributed by atoms with Gasteiger partial charge in [-0.05, 0) is 69.2 Å². The number of aryl methyl sites for hydroxylation is 1. The van der Waals surface area contributed by atoms with Gasteiger partial charge in [0.15, 0.2) is 5.82 Å². The van der Waals surface area contributed by atoms with Crippen molar-refractivity contribution in [3.8, 4) is 11.1 Å². The molecule has 3 heterocycles. The van der Waals surface area contributed by atoms with Gasteiger partial charge in [0.2, 0.25) is 5.91 Å². The number of carbonyl (C=O) groups excluding carboxylic acids is 1. The highest BCUT2D eigenvalue weighted by Gasteiger charge is 2.33. The van der Waals surface area contributed by atoms with Crippen LogP contribution in [-0.4, -0.2) is 40.9 Å². The Kier molecular flexibility index (Phi) is 6.35. The van der Waals surface area contributed by atoms with Gasteiger partial charge < -0.3 is 9.88 Å². The number of nitrogens with one attached hydrogen (secondary N) is 1. The first-order valence-corrected chi connectivity index (χ1v) is 14.7. The Hall–Kier alpha value is -2.52. The first-order valence-electron chi connectivity index (χ1n) is 12.3. The van der Waals surface area contributed by atoms with Crippen LogP contribution in [0.5, 0.6) is 0 Å². The van der Waals surface area contributed by atoms with Crippen LogP contribution in [0.25, 0.3) is 22.2 Å². The maximum atomic E-state index is 15.1. The maximum Gasteiger partial charge on any atom is 0.228 e. The number of imidazole rings is 1. The van der Waals surface area contributed by atoms with E-state index in [1.165, 1.54) is 18.5 Å². The number of benzene rings is 1. The largest absolute Gasteiger partial charge is 0.322 e. The number of halogens is 2. The van der Waals surface area contributed by atoms with Crippen LogP contribution in [0.4, 0.5) is 10.2 Å². The predicted molar refractivity (Wildman–Crippen MR) is 139 cm³/mol. The van der Waals surface area contributed by atoms with Gasteiger partial charge in [-0.2, -0.15) is 0 Å². The van der Waals surface area contributed by atoms with Crippen LogP contribution < -0.4 is 5.32 Å². The summed E-state index contributed by atoms with van der Waals surface area (Å²) < 4.78 is 40.6. The number of carbonyl (C=O) groups is 1. The van der Waals surface area contributed by atoms with Crippen molar-refractivity contribution in [2.75, 3.05) is 17.3 Å². The number of rotatable bonds is 5. The molecular weight excluding hydrogens is 503 g/mol. The Morgan fingerprint density at radius 3 is 2.81 bits per heavy atom. The quantitative estimate of drug-likeness (QED) is 0.477. The van der Waals surface area contributed by atoms with E-state index in [0.717, 1.165) is 37.0 Å². The molecule has 192 valence electrons. The number of hydrogen-bond acceptors (Lipinski definition) is 5. The van der Waals surface area contributed by atoms with Gasteiger partial charge in [0.25, 0.3) is 0 Å². The van der Waals surface area contributed by atoms with E-state index in [1.54, 1.807) is 6.07 Å². The lowest BCUT2D eigenvalue weighted by Crippen LogP contribution is -2.30. The zero-order valence-corrected chi connectivity index (χ0v) is 22.2. The Labute approximate surface area is 215 Å². The number of sulfone groups is 1. The Balaban J connectivity index is 1.42. The number of amides is 1. The molecule has 0 spiro atoms. The summed E-state index contributed by atoms with van der Waals surface area (Å²) in [6.07, 6.45) is 7.28. The molecule has 0 unspecified atom stereocenters. The molecule has 10 heteroatoms. The standard InChI is InChI=1S/C26H30ClFN4O3S/c1-26(2)8-7-23-31-24-20(28)10-17(11-21(24)32(23)26)18-12-22(29-13-19(18)27)30-25(33)16-6-4-5-15(9-16)14-36(3,34)35/h10-13,15-16H,4-9,14H2,1-3H3,(H,29,30,33)/t15-,16+/m1/s1. The zero-order valence-electron chi connectivity index (χ0n) is 20.6. The molecule has 2 atom stereocenters. The SMILES string of the molecule is CC1(C)CCc2nc3c(F)cc(-c4cc(NC(=O)[C@H]5CCC[C@@H](CS(C)(=O)=O)C5)ncc4Cl)cc3n21. The lowest BCUT2D eigenvalue weighted by molar-refractivity contribution is -0.121. The summed E-state index contributed by atoms with van der Waals surface area (Å²) in [6, 6.07) is 4.97. The molecule has 1 aliphatic heterocycles. The topological polar surface area (TPSA) is 93.9 Å². The van der Waals surface area contributed by atoms with Crippen molar-refractivity contribution in [2.24, 2.45) is 11.8 Å². The van der Waals surface area contributed by atoms with Crippen LogP contribution in [-0.2, 0) is 26.6 Å². The molecule has 3 aromatic rings. The van der Waals surface area contributed by atoms with Gasteiger partial charge >= 0.3 is 0 Å². The first kappa shape index (κ1) is 25.1. The van der Waals surface area contributed by atoms with Gasteiger partial charge in [0.05, 0.1) is 16.3 Å². The van der Waals surface area contributed by atoms with Crippen molar-refractivity contribution in [3.05, 3.63) is 41.1 Å². The minimum atomic E-state index is -3.09. The average Bonchev–Trinajstić information content (AvgIpc) is 3.32. The van der Waals surface area contributed by atoms with Crippen LogP contribution in [0, 0.1) is 17.7 Å². The summed E-state index contributed by atoms with van der Waals surface area (Å²) in [7, 11) is -3.09. The second kappa shape index (κ2) is 9.10. The third-order valence-corrected chi connectivity index (χ3v) is 8.84. The third-order valence-electron chi connectivity index (χ3n) is 7.46. The second-order valence-electron chi connectivity index (χ2n) is 10.9. The van der Waals surface area contributed by atoms with Crippen LogP contribution in [0.15, 0.2) is 24.4 Å². The van der Waals surface area contributed by atoms with Crippen LogP contribution in [0.2, 0.25) is 5.02 Å². The molecule has 1 aliphatic carbocycles. The minimum Gasteiger partial charge on any atom is -0.322 e. The molecule has 1 fully saturated rings. The van der Waals surface area contributed by atoms with Crippen molar-refractivity contribution < 1.29 is 17.6 Å². The number of nitrogens with zero attached hydrogens (tertiary/aromatic N) is 3. The van der Waals surface area contributed by atoms with Crippen LogP contribution in [0.3, 0.4) is 0 Å². The third kappa shape index (κ3) is 4.87. The summed E-state index contributed by atoms with van der Waals surface area (Å²) in [5, 5.41) is 3.21. The maximum absolute atomic E-state index is 15.1. The highest BCUT2D eigenvalue weighted by atomic mass is 35.5. The number of aromatic nitrogens is 3. The average molecular weight is 533 g/mol. The molecule has 0 radical (unpaired) electrons. The number of anilines is 1. The molecule has 1 amide bonds. The molecular formula is C26H30ClFN4O3S. The Morgan fingerprint density at radius 2 is 2.06 bits per heavy atom. The minimum absolute atomic E-state index is 0.0189. The van der Waals surface area contributed by atoms with E-state index in [0.29, 0.717) is 40.3 Å². The van der Waals surface area contributed by atoms with Gasteiger partial charge in [0, 0.05) is 35.9 Å². The number of hydrogen-bond donors (Lipinski definition) is 1. The summed E-state index contributed by atoms with van der Waals surface area (Å²) in [4.78, 5) is 21.8. The normalized spacial score (nSPS) is 21.5. The van der Waals surface area contributed by atoms with Gasteiger partial charge in [-0.3, -0.25) is 4.79 Å². The summed E-state index contributed by atoms with van der Waals surface area (Å²) in [6.45, 7) is 4.24. The summed E-state index contributed by atoms with van der Waals surface area (Å²) in [5.74, 6) is 0.393. The molecule has 7 nitrogen and oxygen atoms in total. The highest BCUT2D eigenvalue weighted by molar-refractivity contribution is 7.90. The lowest BCUT2D eigenvalue weighted by atomic mass is 9.82. The molecule has 2 aromatic heterocycles. The molecule has 5 rings (SSSR count). The Morgan fingerprint density at radius 1 is 1.28 bits per heavy atom. The monoisotopic (exact) mass is 532 g/mol. The van der Waals surface area contributed by atoms with E-state index in [4.69, 9.17) is 11.6 Å². The lowest BCUT2D eigenvalue weighted by Gasteiger charge is -2.27. The molecule has 1 saturated carbocycles. The van der Waals surface area contributed by atoms with Crippen molar-refractivity contribution >= 4 is 44.2 Å². The van der Waals surface area contributed by atoms with E-state index >= 15 is 4.39 Å². The second-order valence-corrected chi connectivity index (χ2v) is 13.5. The predicted octanol–water partition coefficient (Wildman–Crippen LogP) is 5.36. The van der Waals surface area contributed by atoms with E-state index in [-0.39, 0.29) is 29.0 Å². The molecule has 2 aliphatic rings. The van der Waals surface area contributed by atoms with Gasteiger partial charge in [-0.15, -0.1) is 0 Å². The van der Waals surface area contributed by atoms with E-state index in [2.05, 4.69) is 33.7 Å². The van der Waals surface area contributed by atoms with Crippen molar-refractivity contribution in [2.45, 2.75) is 57.9 Å². The van der Waals surface area contributed by atoms with E-state index in [9.17, 15) is 13.2 Å². The van der Waals surface area contributed by atoms with Crippen LogP contribution >= 0.6 is 11.6 Å². The first-order chi connectivity index (χ1) is 16.9. The molecule has 1 aromatic carbocycles. The van der Waals surface area contributed by atoms with E-state index in [1.807, 2.05) is 6.07 Å². The zero-order chi connectivity index (χ0) is 25.8. The van der Waals surface area contributed by atoms with Gasteiger partial charge in [-0.25, -0.2) is 22.8 Å². The highest BCUT2D eigenvalue weighted by Crippen LogP contribution is 2.39. The number of fused-ring (bicyclic) bond motifs is 3. The van der Waals surface area contributed by atoms with Crippen molar-refractivity contribution in [1.29, 1.82) is 0 Å². The van der Waals surface area contributed by atoms with Crippen LogP contribution in [0.1, 0.15) is 51.8 Å². The van der Waals surface area contributed by atoms with Gasteiger partial charge in [-0.1, -0.05) is 18.0 Å². The van der Waals surface area contributed by atoms with E-state index < -0.39 is 15.7 Å². The van der Waals surface area contributed by atoms with Crippen molar-refractivity contribution in [3.63, 3.8) is 0 Å². The van der Waals surface area contributed by atoms with Crippen molar-refractivity contribution in [1.82, 2.24) is 14.5 Å².